The molecule has 1 fully saturated rings. The third-order valence-electron chi connectivity index (χ3n) is 3.25. The minimum absolute atomic E-state index is 0.00386. The Kier molecular flexibility index (Phi) is 4.93. The van der Waals surface area contributed by atoms with Crippen LogP contribution in [0.25, 0.3) is 0 Å². The average Bonchev–Trinajstić information content (AvgIpc) is 2.73. The van der Waals surface area contributed by atoms with Gasteiger partial charge in [0.15, 0.2) is 0 Å². The summed E-state index contributed by atoms with van der Waals surface area (Å²) < 4.78 is 5.12. The van der Waals surface area contributed by atoms with E-state index in [1.807, 2.05) is 0 Å². The summed E-state index contributed by atoms with van der Waals surface area (Å²) in [4.78, 5) is 35.4. The number of rotatable bonds is 5. The quantitative estimate of drug-likeness (QED) is 0.622. The van der Waals surface area contributed by atoms with Crippen molar-refractivity contribution in [3.8, 4) is 0 Å². The molecule has 0 aliphatic carbocycles. The van der Waals surface area contributed by atoms with Crippen molar-refractivity contribution in [1.29, 1.82) is 0 Å². The molecule has 1 heterocycles. The van der Waals surface area contributed by atoms with Gasteiger partial charge in [-0.2, -0.15) is 0 Å². The standard InChI is InChI=1S/C12H21N3O5/c1-12(2,4-9(13)16)14-11(19)15(3)8-6-20-5-7(8)10(17)18/h7-8H,4-6H2,1-3H3,(H2,13,16)(H,14,19)(H,17,18). The molecule has 0 aromatic rings. The number of ether oxygens (including phenoxy) is 1. The van der Waals surface area contributed by atoms with Crippen LogP contribution in [-0.4, -0.2) is 59.8 Å². The van der Waals surface area contributed by atoms with E-state index >= 15 is 0 Å². The molecule has 1 rings (SSSR count). The van der Waals surface area contributed by atoms with E-state index in [9.17, 15) is 14.4 Å². The molecule has 114 valence electrons. The summed E-state index contributed by atoms with van der Waals surface area (Å²) >= 11 is 0. The van der Waals surface area contributed by atoms with Crippen molar-refractivity contribution in [3.63, 3.8) is 0 Å². The second-order valence-corrected chi connectivity index (χ2v) is 5.62. The van der Waals surface area contributed by atoms with Gasteiger partial charge in [-0.25, -0.2) is 4.79 Å². The maximum Gasteiger partial charge on any atom is 0.317 e. The Morgan fingerprint density at radius 2 is 2.00 bits per heavy atom. The maximum absolute atomic E-state index is 12.1. The van der Waals surface area contributed by atoms with Crippen LogP contribution in [0, 0.1) is 5.92 Å². The number of carboxylic acids is 1. The van der Waals surface area contributed by atoms with Gasteiger partial charge in [-0.15, -0.1) is 0 Å². The topological polar surface area (TPSA) is 122 Å². The maximum atomic E-state index is 12.1. The lowest BCUT2D eigenvalue weighted by Gasteiger charge is -2.32. The van der Waals surface area contributed by atoms with Crippen LogP contribution in [0.5, 0.6) is 0 Å². The molecule has 1 saturated heterocycles. The van der Waals surface area contributed by atoms with Crippen LogP contribution in [-0.2, 0) is 14.3 Å². The van der Waals surface area contributed by atoms with Gasteiger partial charge in [0.2, 0.25) is 5.91 Å². The molecule has 3 amide bonds. The third kappa shape index (κ3) is 4.09. The van der Waals surface area contributed by atoms with Crippen molar-refractivity contribution in [1.82, 2.24) is 10.2 Å². The predicted molar refractivity (Wildman–Crippen MR) is 69.9 cm³/mol. The van der Waals surface area contributed by atoms with E-state index in [0.29, 0.717) is 0 Å². The Hall–Kier alpha value is -1.83. The minimum atomic E-state index is -0.997. The molecule has 8 nitrogen and oxygen atoms in total. The van der Waals surface area contributed by atoms with Gasteiger partial charge in [0.05, 0.1) is 19.3 Å². The SMILES string of the molecule is CN(C(=O)NC(C)(C)CC(N)=O)C1COCC1C(=O)O. The highest BCUT2D eigenvalue weighted by Gasteiger charge is 2.39. The fourth-order valence-electron chi connectivity index (χ4n) is 2.17. The van der Waals surface area contributed by atoms with Crippen LogP contribution >= 0.6 is 0 Å². The molecule has 2 unspecified atom stereocenters. The number of aliphatic carboxylic acids is 1. The van der Waals surface area contributed by atoms with Crippen LogP contribution in [0.2, 0.25) is 0 Å². The average molecular weight is 287 g/mol. The third-order valence-corrected chi connectivity index (χ3v) is 3.25. The van der Waals surface area contributed by atoms with Crippen LogP contribution in [0.15, 0.2) is 0 Å². The van der Waals surface area contributed by atoms with Gasteiger partial charge in [-0.1, -0.05) is 0 Å². The lowest BCUT2D eigenvalue weighted by atomic mass is 10.00. The van der Waals surface area contributed by atoms with E-state index in [1.54, 1.807) is 13.8 Å². The number of hydrogen-bond donors (Lipinski definition) is 3. The predicted octanol–water partition coefficient (Wildman–Crippen LogP) is -0.619. The molecule has 1 aliphatic heterocycles. The first-order valence-electron chi connectivity index (χ1n) is 6.28. The van der Waals surface area contributed by atoms with Gasteiger partial charge < -0.3 is 25.8 Å². The van der Waals surface area contributed by atoms with Gasteiger partial charge in [-0.3, -0.25) is 9.59 Å². The molecular formula is C12H21N3O5. The van der Waals surface area contributed by atoms with E-state index in [-0.39, 0.29) is 19.6 Å². The summed E-state index contributed by atoms with van der Waals surface area (Å²) in [7, 11) is 1.50. The van der Waals surface area contributed by atoms with E-state index in [4.69, 9.17) is 15.6 Å². The molecule has 0 saturated carbocycles. The molecular weight excluding hydrogens is 266 g/mol. The van der Waals surface area contributed by atoms with E-state index in [2.05, 4.69) is 5.32 Å². The van der Waals surface area contributed by atoms with Crippen molar-refractivity contribution >= 4 is 17.9 Å². The molecule has 0 aromatic heterocycles. The summed E-state index contributed by atoms with van der Waals surface area (Å²) in [5, 5.41) is 11.7. The lowest BCUT2D eigenvalue weighted by Crippen LogP contribution is -2.54. The monoisotopic (exact) mass is 287 g/mol. The zero-order valence-electron chi connectivity index (χ0n) is 11.9. The number of carbonyl (C=O) groups excluding carboxylic acids is 2. The Balaban J connectivity index is 2.67. The van der Waals surface area contributed by atoms with Gasteiger partial charge in [0.1, 0.15) is 5.92 Å². The summed E-state index contributed by atoms with van der Waals surface area (Å²) in [6.45, 7) is 3.60. The van der Waals surface area contributed by atoms with Crippen molar-refractivity contribution in [3.05, 3.63) is 0 Å². The Labute approximate surface area is 117 Å². The fourth-order valence-corrected chi connectivity index (χ4v) is 2.17. The number of carbonyl (C=O) groups is 3. The second kappa shape index (κ2) is 6.08. The van der Waals surface area contributed by atoms with E-state index < -0.39 is 35.4 Å². The van der Waals surface area contributed by atoms with Crippen molar-refractivity contribution in [2.45, 2.75) is 31.8 Å². The number of amides is 3. The van der Waals surface area contributed by atoms with Gasteiger partial charge in [0, 0.05) is 19.0 Å². The Morgan fingerprint density at radius 1 is 1.40 bits per heavy atom. The number of carboxylic acid groups (broad SMARTS) is 1. The van der Waals surface area contributed by atoms with Gasteiger partial charge in [-0.05, 0) is 13.8 Å². The molecule has 2 atom stereocenters. The van der Waals surface area contributed by atoms with Crippen molar-refractivity contribution in [2.24, 2.45) is 11.7 Å². The number of urea groups is 1. The Bertz CT molecular complexity index is 410. The van der Waals surface area contributed by atoms with Crippen LogP contribution in [0.1, 0.15) is 20.3 Å². The van der Waals surface area contributed by atoms with Crippen molar-refractivity contribution < 1.29 is 24.2 Å². The molecule has 0 radical (unpaired) electrons. The first-order valence-corrected chi connectivity index (χ1v) is 6.28. The molecule has 0 bridgehead atoms. The highest BCUT2D eigenvalue weighted by molar-refractivity contribution is 5.80. The first-order chi connectivity index (χ1) is 9.14. The lowest BCUT2D eigenvalue weighted by molar-refractivity contribution is -0.142. The molecule has 20 heavy (non-hydrogen) atoms. The number of hydrogen-bond acceptors (Lipinski definition) is 4. The molecule has 1 aliphatic rings. The summed E-state index contributed by atoms with van der Waals surface area (Å²) in [6, 6.07) is -0.991. The minimum Gasteiger partial charge on any atom is -0.481 e. The zero-order chi connectivity index (χ0) is 15.5. The number of nitrogens with one attached hydrogen (secondary N) is 1. The highest BCUT2D eigenvalue weighted by atomic mass is 16.5. The number of primary amides is 1. The van der Waals surface area contributed by atoms with Crippen LogP contribution in [0.4, 0.5) is 4.79 Å². The summed E-state index contributed by atoms with van der Waals surface area (Å²) in [6.07, 6.45) is -0.00386. The Morgan fingerprint density at radius 3 is 2.50 bits per heavy atom. The molecule has 0 aromatic carbocycles. The van der Waals surface area contributed by atoms with Crippen molar-refractivity contribution in [2.75, 3.05) is 20.3 Å². The first kappa shape index (κ1) is 16.2. The summed E-state index contributed by atoms with van der Waals surface area (Å²) in [5.74, 6) is -2.26. The molecule has 0 spiro atoms. The van der Waals surface area contributed by atoms with E-state index in [1.165, 1.54) is 11.9 Å². The van der Waals surface area contributed by atoms with Gasteiger partial charge in [0.25, 0.3) is 0 Å². The number of nitrogens with zero attached hydrogens (tertiary/aromatic N) is 1. The molecule has 4 N–H and O–H groups in total. The summed E-state index contributed by atoms with van der Waals surface area (Å²) in [5.41, 5.74) is 4.32. The second-order valence-electron chi connectivity index (χ2n) is 5.62. The van der Waals surface area contributed by atoms with E-state index in [0.717, 1.165) is 0 Å². The number of likely N-dealkylation sites (N-methyl/N-ethyl adjacent to an activating group) is 1. The number of nitrogens with two attached hydrogens (primary N) is 1. The largest absolute Gasteiger partial charge is 0.481 e. The smallest absolute Gasteiger partial charge is 0.317 e. The fraction of sp³-hybridized carbons (Fsp3) is 0.750. The molecule has 8 heteroatoms. The van der Waals surface area contributed by atoms with Crippen LogP contribution < -0.4 is 11.1 Å². The highest BCUT2D eigenvalue weighted by Crippen LogP contribution is 2.19. The normalized spacial score (nSPS) is 22.4. The van der Waals surface area contributed by atoms with Gasteiger partial charge >= 0.3 is 12.0 Å². The van der Waals surface area contributed by atoms with Crippen LogP contribution in [0.3, 0.4) is 0 Å². The zero-order valence-corrected chi connectivity index (χ0v) is 11.9.